The van der Waals surface area contributed by atoms with Crippen molar-refractivity contribution < 1.29 is 27.0 Å². The summed E-state index contributed by atoms with van der Waals surface area (Å²) in [5.41, 5.74) is 0.0161. The smallest absolute Gasteiger partial charge is 0.272 e. The number of rotatable bonds is 6. The van der Waals surface area contributed by atoms with E-state index >= 15 is 0 Å². The number of methoxy groups -OCH3 is 1. The maximum atomic E-state index is 14.1. The Hall–Kier alpha value is -4.22. The Balaban J connectivity index is 1.73. The lowest BCUT2D eigenvalue weighted by atomic mass is 10.2. The highest BCUT2D eigenvalue weighted by atomic mass is 35.5. The van der Waals surface area contributed by atoms with Gasteiger partial charge < -0.3 is 9.84 Å². The molecule has 0 atom stereocenters. The number of hydrogen-bond acceptors (Lipinski definition) is 6. The van der Waals surface area contributed by atoms with E-state index in [0.717, 1.165) is 9.54 Å². The maximum absolute atomic E-state index is 14.1. The van der Waals surface area contributed by atoms with Gasteiger partial charge in [-0.25, -0.2) is 26.2 Å². The van der Waals surface area contributed by atoms with Crippen LogP contribution >= 0.6 is 11.6 Å². The topological polar surface area (TPSA) is 103 Å². The summed E-state index contributed by atoms with van der Waals surface area (Å²) in [6, 6.07) is 13.6. The molecular weight excluding hydrogens is 540 g/mol. The number of fused-ring (bicyclic) bond motifs is 1. The van der Waals surface area contributed by atoms with E-state index in [4.69, 9.17) is 16.3 Å². The van der Waals surface area contributed by atoms with Gasteiger partial charge in [-0.1, -0.05) is 23.7 Å². The summed E-state index contributed by atoms with van der Waals surface area (Å²) in [5.74, 6) is -3.27. The van der Waals surface area contributed by atoms with Gasteiger partial charge in [0.05, 0.1) is 36.8 Å². The third-order valence-electron chi connectivity index (χ3n) is 5.92. The largest absolute Gasteiger partial charge is 0.504 e. The van der Waals surface area contributed by atoms with Crippen LogP contribution in [-0.2, 0) is 16.6 Å². The number of ether oxygens (including phenoxy) is 1. The van der Waals surface area contributed by atoms with Crippen molar-refractivity contribution in [1.82, 2.24) is 13.5 Å². The minimum absolute atomic E-state index is 0.0680. The summed E-state index contributed by atoms with van der Waals surface area (Å²) in [7, 11) is -3.30. The quantitative estimate of drug-likeness (QED) is 0.322. The first-order chi connectivity index (χ1) is 18.1. The van der Waals surface area contributed by atoms with E-state index in [9.17, 15) is 27.1 Å². The van der Waals surface area contributed by atoms with Gasteiger partial charge in [-0.05, 0) is 48.0 Å². The molecule has 5 rings (SSSR count). The number of nitrogens with zero attached hydrogens (tertiary/aromatic N) is 3. The highest BCUT2D eigenvalue weighted by molar-refractivity contribution is 7.90. The second-order valence-corrected chi connectivity index (χ2v) is 10.5. The molecule has 194 valence electrons. The van der Waals surface area contributed by atoms with Crippen LogP contribution < -0.4 is 10.3 Å². The normalized spacial score (nSPS) is 11.7. The zero-order chi connectivity index (χ0) is 27.2. The second kappa shape index (κ2) is 9.58. The molecule has 0 saturated heterocycles. The van der Waals surface area contributed by atoms with E-state index < -0.39 is 37.9 Å². The van der Waals surface area contributed by atoms with Crippen molar-refractivity contribution in [2.24, 2.45) is 0 Å². The van der Waals surface area contributed by atoms with Crippen LogP contribution in [0.5, 0.6) is 11.5 Å². The Morgan fingerprint density at radius 1 is 1.05 bits per heavy atom. The standard InChI is InChI=1S/C26H18ClF2N3O5S/c1-37-19-5-2-15(3-6-19)13-31-14-30-12-20(26(31)34)23-9-16-8-17(27)4-7-22(16)32(23)38(35,36)24-11-18(28)10-21(29)25(24)33/h2-12,14,33H,13H2,1H3. The van der Waals surface area contributed by atoms with Crippen LogP contribution in [0.1, 0.15) is 5.56 Å². The molecule has 12 heteroatoms. The second-order valence-electron chi connectivity index (χ2n) is 8.32. The van der Waals surface area contributed by atoms with Crippen molar-refractivity contribution in [3.63, 3.8) is 0 Å². The van der Waals surface area contributed by atoms with Gasteiger partial charge in [-0.3, -0.25) is 9.36 Å². The number of halogens is 3. The summed E-state index contributed by atoms with van der Waals surface area (Å²) in [6.07, 6.45) is 2.50. The number of aromatic hydroxyl groups is 1. The van der Waals surface area contributed by atoms with Gasteiger partial charge in [0.1, 0.15) is 16.5 Å². The number of benzene rings is 3. The number of phenols is 1. The lowest BCUT2D eigenvalue weighted by Crippen LogP contribution is -2.24. The first-order valence-corrected chi connectivity index (χ1v) is 12.8. The van der Waals surface area contributed by atoms with Crippen LogP contribution in [0.4, 0.5) is 8.78 Å². The van der Waals surface area contributed by atoms with E-state index in [0.29, 0.717) is 28.3 Å². The molecule has 3 aromatic carbocycles. The maximum Gasteiger partial charge on any atom is 0.272 e. The van der Waals surface area contributed by atoms with Gasteiger partial charge in [0, 0.05) is 22.7 Å². The number of phenolic OH excluding ortho intramolecular Hbond substituents is 1. The van der Waals surface area contributed by atoms with Crippen LogP contribution in [-0.4, -0.2) is 34.2 Å². The van der Waals surface area contributed by atoms with Gasteiger partial charge in [0.15, 0.2) is 11.6 Å². The molecule has 0 aliphatic rings. The summed E-state index contributed by atoms with van der Waals surface area (Å²) >= 11 is 6.11. The lowest BCUT2D eigenvalue weighted by molar-refractivity contribution is 0.411. The number of aromatic nitrogens is 3. The fourth-order valence-electron chi connectivity index (χ4n) is 4.11. The molecule has 1 N–H and O–H groups in total. The molecule has 38 heavy (non-hydrogen) atoms. The zero-order valence-electron chi connectivity index (χ0n) is 19.6. The number of hydrogen-bond donors (Lipinski definition) is 1. The highest BCUT2D eigenvalue weighted by Gasteiger charge is 2.30. The minimum Gasteiger partial charge on any atom is -0.504 e. The van der Waals surface area contributed by atoms with Gasteiger partial charge in [0.25, 0.3) is 15.6 Å². The first-order valence-electron chi connectivity index (χ1n) is 11.0. The summed E-state index contributed by atoms with van der Waals surface area (Å²) in [6.45, 7) is 0.123. The molecule has 0 aliphatic carbocycles. The third kappa shape index (κ3) is 4.39. The molecular formula is C26H18ClF2N3O5S. The van der Waals surface area contributed by atoms with Crippen molar-refractivity contribution >= 4 is 32.5 Å². The molecule has 0 spiro atoms. The molecule has 0 unspecified atom stereocenters. The summed E-state index contributed by atoms with van der Waals surface area (Å²) in [4.78, 5) is 16.6. The lowest BCUT2D eigenvalue weighted by Gasteiger charge is -2.14. The summed E-state index contributed by atoms with van der Waals surface area (Å²) < 4.78 is 62.8. The molecule has 0 aliphatic heterocycles. The first kappa shape index (κ1) is 25.4. The molecule has 0 fully saturated rings. The van der Waals surface area contributed by atoms with Crippen molar-refractivity contribution in [1.29, 1.82) is 0 Å². The molecule has 0 saturated carbocycles. The molecule has 0 amide bonds. The Morgan fingerprint density at radius 3 is 2.50 bits per heavy atom. The Morgan fingerprint density at radius 2 is 1.79 bits per heavy atom. The van der Waals surface area contributed by atoms with E-state index in [2.05, 4.69) is 4.98 Å². The van der Waals surface area contributed by atoms with Crippen LogP contribution in [0, 0.1) is 11.6 Å². The van der Waals surface area contributed by atoms with E-state index in [1.54, 1.807) is 24.3 Å². The molecule has 0 radical (unpaired) electrons. The van der Waals surface area contributed by atoms with Crippen LogP contribution in [0.25, 0.3) is 22.2 Å². The predicted octanol–water partition coefficient (Wildman–Crippen LogP) is 4.80. The average molecular weight is 558 g/mol. The fourth-order valence-corrected chi connectivity index (χ4v) is 5.93. The van der Waals surface area contributed by atoms with Gasteiger partial charge >= 0.3 is 0 Å². The van der Waals surface area contributed by atoms with Crippen LogP contribution in [0.2, 0.25) is 5.02 Å². The predicted molar refractivity (Wildman–Crippen MR) is 137 cm³/mol. The van der Waals surface area contributed by atoms with Gasteiger partial charge in [-0.2, -0.15) is 0 Å². The van der Waals surface area contributed by atoms with Crippen molar-refractivity contribution in [3.05, 3.63) is 106 Å². The molecule has 5 aromatic rings. The Kier molecular flexibility index (Phi) is 6.41. The van der Waals surface area contributed by atoms with E-state index in [1.807, 2.05) is 0 Å². The molecule has 8 nitrogen and oxygen atoms in total. The SMILES string of the molecule is COc1ccc(Cn2cncc(-c3cc4cc(Cl)ccc4n3S(=O)(=O)c3cc(F)cc(F)c3O)c2=O)cc1. The van der Waals surface area contributed by atoms with Crippen molar-refractivity contribution in [2.75, 3.05) is 7.11 Å². The fraction of sp³-hybridized carbons (Fsp3) is 0.0769. The zero-order valence-corrected chi connectivity index (χ0v) is 21.2. The van der Waals surface area contributed by atoms with Gasteiger partial charge in [0.2, 0.25) is 0 Å². The average Bonchev–Trinajstić information content (AvgIpc) is 3.27. The van der Waals surface area contributed by atoms with E-state index in [-0.39, 0.29) is 23.3 Å². The van der Waals surface area contributed by atoms with E-state index in [1.165, 1.54) is 48.5 Å². The molecule has 2 heterocycles. The molecule has 2 aromatic heterocycles. The minimum atomic E-state index is -4.83. The Bertz CT molecular complexity index is 1870. The highest BCUT2D eigenvalue weighted by Crippen LogP contribution is 2.36. The molecule has 0 bridgehead atoms. The third-order valence-corrected chi connectivity index (χ3v) is 7.90. The van der Waals surface area contributed by atoms with Crippen LogP contribution in [0.3, 0.4) is 0 Å². The Labute approximate surface area is 220 Å². The van der Waals surface area contributed by atoms with Gasteiger partial charge in [-0.15, -0.1) is 0 Å². The van der Waals surface area contributed by atoms with Crippen LogP contribution in [0.15, 0.2) is 82.9 Å². The summed E-state index contributed by atoms with van der Waals surface area (Å²) in [5, 5.41) is 10.8. The van der Waals surface area contributed by atoms with Crippen molar-refractivity contribution in [2.45, 2.75) is 11.4 Å². The van der Waals surface area contributed by atoms with Crippen molar-refractivity contribution in [3.8, 4) is 22.8 Å². The monoisotopic (exact) mass is 557 g/mol.